The van der Waals surface area contributed by atoms with Crippen molar-refractivity contribution in [2.75, 3.05) is 18.5 Å². The van der Waals surface area contributed by atoms with Crippen LogP contribution in [0.15, 0.2) is 58.8 Å². The van der Waals surface area contributed by atoms with E-state index >= 15 is 0 Å². The molecule has 0 aliphatic carbocycles. The minimum Gasteiger partial charge on any atom is -0.494 e. The molecule has 1 unspecified atom stereocenters. The van der Waals surface area contributed by atoms with Gasteiger partial charge in [-0.1, -0.05) is 17.7 Å². The topological polar surface area (TPSA) is 88.6 Å². The predicted octanol–water partition coefficient (Wildman–Crippen LogP) is 4.31. The summed E-state index contributed by atoms with van der Waals surface area (Å²) in [7, 11) is -3.74. The molecule has 1 saturated heterocycles. The Morgan fingerprint density at radius 3 is 2.59 bits per heavy atom. The molecule has 1 N–H and O–H groups in total. The van der Waals surface area contributed by atoms with E-state index < -0.39 is 16.1 Å². The summed E-state index contributed by atoms with van der Waals surface area (Å²) in [6.07, 6.45) is 1.12. The van der Waals surface area contributed by atoms with Gasteiger partial charge in [0.25, 0.3) is 0 Å². The van der Waals surface area contributed by atoms with Gasteiger partial charge in [-0.25, -0.2) is 13.4 Å². The molecule has 1 atom stereocenters. The quantitative estimate of drug-likeness (QED) is 0.555. The second kappa shape index (κ2) is 9.40. The molecule has 9 heteroatoms. The Bertz CT molecular complexity index is 1190. The number of thiazole rings is 1. The van der Waals surface area contributed by atoms with Crippen LogP contribution in [0, 0.1) is 6.92 Å². The Hall–Kier alpha value is -2.75. The molecule has 1 fully saturated rings. The molecule has 2 aromatic carbocycles. The zero-order valence-electron chi connectivity index (χ0n) is 17.9. The Labute approximate surface area is 192 Å². The van der Waals surface area contributed by atoms with E-state index in [2.05, 4.69) is 10.3 Å². The summed E-state index contributed by atoms with van der Waals surface area (Å²) in [6.45, 7) is 4.76. The van der Waals surface area contributed by atoms with Gasteiger partial charge in [-0.2, -0.15) is 4.31 Å². The lowest BCUT2D eigenvalue weighted by Crippen LogP contribution is -2.43. The zero-order valence-corrected chi connectivity index (χ0v) is 19.6. The molecule has 1 aromatic heterocycles. The minimum atomic E-state index is -3.74. The second-order valence-corrected chi connectivity index (χ2v) is 10.3. The lowest BCUT2D eigenvalue weighted by molar-refractivity contribution is -0.119. The van der Waals surface area contributed by atoms with Gasteiger partial charge in [0.05, 0.1) is 17.2 Å². The summed E-state index contributed by atoms with van der Waals surface area (Å²) in [5, 5.41) is 5.11. The number of sulfonamides is 1. The van der Waals surface area contributed by atoms with Crippen molar-refractivity contribution < 1.29 is 17.9 Å². The van der Waals surface area contributed by atoms with Gasteiger partial charge in [0.2, 0.25) is 15.9 Å². The van der Waals surface area contributed by atoms with Gasteiger partial charge in [0.15, 0.2) is 5.13 Å². The number of carbonyl (C=O) groups excluding carboxylic acids is 1. The number of nitrogens with zero attached hydrogens (tertiary/aromatic N) is 2. The molecule has 2 heterocycles. The maximum atomic E-state index is 13.1. The van der Waals surface area contributed by atoms with Crippen LogP contribution in [-0.4, -0.2) is 42.8 Å². The largest absolute Gasteiger partial charge is 0.494 e. The summed E-state index contributed by atoms with van der Waals surface area (Å²) < 4.78 is 33.0. The number of benzene rings is 2. The van der Waals surface area contributed by atoms with E-state index in [0.717, 1.165) is 22.6 Å². The standard InChI is InChI=1S/C23H25N3O4S2/c1-3-30-18-10-8-17(9-11-18)20-15-31-23(24-20)25-22(27)21-5-4-14-26(21)32(28,29)19-12-6-16(2)7-13-19/h6-13,15,21H,3-5,14H2,1-2H3,(H,24,25,27). The highest BCUT2D eigenvalue weighted by Gasteiger charge is 2.39. The number of carbonyl (C=O) groups is 1. The fourth-order valence-corrected chi connectivity index (χ4v) is 6.06. The van der Waals surface area contributed by atoms with Gasteiger partial charge in [-0.15, -0.1) is 11.3 Å². The normalized spacial score (nSPS) is 16.8. The van der Waals surface area contributed by atoms with Crippen LogP contribution in [0.25, 0.3) is 11.3 Å². The Morgan fingerprint density at radius 2 is 1.91 bits per heavy atom. The van der Waals surface area contributed by atoms with Crippen LogP contribution < -0.4 is 10.1 Å². The molecule has 4 rings (SSSR count). The fourth-order valence-electron chi connectivity index (χ4n) is 3.68. The van der Waals surface area contributed by atoms with Crippen molar-refractivity contribution in [3.05, 3.63) is 59.5 Å². The van der Waals surface area contributed by atoms with E-state index in [1.54, 1.807) is 24.3 Å². The monoisotopic (exact) mass is 471 g/mol. The van der Waals surface area contributed by atoms with Crippen LogP contribution in [0.3, 0.4) is 0 Å². The van der Waals surface area contributed by atoms with Gasteiger partial charge in [-0.3, -0.25) is 4.79 Å². The molecule has 1 aliphatic heterocycles. The molecule has 1 amide bonds. The summed E-state index contributed by atoms with van der Waals surface area (Å²) in [6, 6.07) is 13.5. The van der Waals surface area contributed by atoms with Gasteiger partial charge in [0, 0.05) is 17.5 Å². The third-order valence-corrected chi connectivity index (χ3v) is 8.01. The van der Waals surface area contributed by atoms with Crippen molar-refractivity contribution in [1.82, 2.24) is 9.29 Å². The Balaban J connectivity index is 1.47. The molecular weight excluding hydrogens is 446 g/mol. The predicted molar refractivity (Wildman–Crippen MR) is 125 cm³/mol. The lowest BCUT2D eigenvalue weighted by atomic mass is 10.2. The highest BCUT2D eigenvalue weighted by atomic mass is 32.2. The molecule has 3 aromatic rings. The molecule has 0 saturated carbocycles. The molecule has 7 nitrogen and oxygen atoms in total. The van der Waals surface area contributed by atoms with Crippen LogP contribution in [0.4, 0.5) is 5.13 Å². The van der Waals surface area contributed by atoms with Gasteiger partial charge >= 0.3 is 0 Å². The SMILES string of the molecule is CCOc1ccc(-c2csc(NC(=O)C3CCCN3S(=O)(=O)c3ccc(C)cc3)n2)cc1. The zero-order chi connectivity index (χ0) is 22.7. The first kappa shape index (κ1) is 22.4. The van der Waals surface area contributed by atoms with Crippen molar-refractivity contribution in [3.8, 4) is 17.0 Å². The summed E-state index contributed by atoms with van der Waals surface area (Å²) in [5.74, 6) is 0.432. The van der Waals surface area contributed by atoms with E-state index in [9.17, 15) is 13.2 Å². The second-order valence-electron chi connectivity index (χ2n) is 7.57. The Kier molecular flexibility index (Phi) is 6.59. The number of rotatable bonds is 7. The number of hydrogen-bond acceptors (Lipinski definition) is 6. The number of aromatic nitrogens is 1. The smallest absolute Gasteiger partial charge is 0.244 e. The fraction of sp³-hybridized carbons (Fsp3) is 0.304. The summed E-state index contributed by atoms with van der Waals surface area (Å²) in [5.41, 5.74) is 2.63. The first-order valence-electron chi connectivity index (χ1n) is 10.5. The van der Waals surface area contributed by atoms with Crippen LogP contribution in [0.2, 0.25) is 0 Å². The molecule has 1 aliphatic rings. The highest BCUT2D eigenvalue weighted by Crippen LogP contribution is 2.29. The van der Waals surface area contributed by atoms with Crippen molar-refractivity contribution >= 4 is 32.4 Å². The number of hydrogen-bond donors (Lipinski definition) is 1. The van der Waals surface area contributed by atoms with Crippen LogP contribution in [0.1, 0.15) is 25.3 Å². The Morgan fingerprint density at radius 1 is 1.19 bits per heavy atom. The summed E-state index contributed by atoms with van der Waals surface area (Å²) in [4.78, 5) is 17.7. The average Bonchev–Trinajstić information content (AvgIpc) is 3.45. The van der Waals surface area contributed by atoms with Gasteiger partial charge in [0.1, 0.15) is 11.8 Å². The maximum absolute atomic E-state index is 13.1. The third kappa shape index (κ3) is 4.69. The maximum Gasteiger partial charge on any atom is 0.244 e. The molecule has 0 radical (unpaired) electrons. The van der Waals surface area contributed by atoms with Crippen molar-refractivity contribution in [2.45, 2.75) is 37.6 Å². The number of amides is 1. The van der Waals surface area contributed by atoms with Crippen LogP contribution in [-0.2, 0) is 14.8 Å². The third-order valence-electron chi connectivity index (χ3n) is 5.33. The van der Waals surface area contributed by atoms with E-state index in [1.807, 2.05) is 43.5 Å². The number of anilines is 1. The molecule has 168 valence electrons. The van der Waals surface area contributed by atoms with Crippen LogP contribution >= 0.6 is 11.3 Å². The van der Waals surface area contributed by atoms with E-state index in [-0.39, 0.29) is 10.8 Å². The van der Waals surface area contributed by atoms with Gasteiger partial charge < -0.3 is 10.1 Å². The van der Waals surface area contributed by atoms with Crippen molar-refractivity contribution in [2.24, 2.45) is 0 Å². The number of ether oxygens (including phenoxy) is 1. The average molecular weight is 472 g/mol. The van der Waals surface area contributed by atoms with E-state index in [1.165, 1.54) is 15.6 Å². The van der Waals surface area contributed by atoms with E-state index in [0.29, 0.717) is 31.1 Å². The molecule has 0 spiro atoms. The number of aryl methyl sites for hydroxylation is 1. The first-order chi connectivity index (χ1) is 15.4. The minimum absolute atomic E-state index is 0.204. The number of nitrogens with one attached hydrogen (secondary N) is 1. The van der Waals surface area contributed by atoms with Crippen LogP contribution in [0.5, 0.6) is 5.75 Å². The van der Waals surface area contributed by atoms with Crippen molar-refractivity contribution in [1.29, 1.82) is 0 Å². The molecular formula is C23H25N3O4S2. The molecule has 0 bridgehead atoms. The van der Waals surface area contributed by atoms with E-state index in [4.69, 9.17) is 4.74 Å². The van der Waals surface area contributed by atoms with Gasteiger partial charge in [-0.05, 0) is 63.1 Å². The highest BCUT2D eigenvalue weighted by molar-refractivity contribution is 7.89. The first-order valence-corrected chi connectivity index (χ1v) is 12.8. The summed E-state index contributed by atoms with van der Waals surface area (Å²) >= 11 is 1.31. The van der Waals surface area contributed by atoms with Crippen molar-refractivity contribution in [3.63, 3.8) is 0 Å². The lowest BCUT2D eigenvalue weighted by Gasteiger charge is -2.23. The molecule has 32 heavy (non-hydrogen) atoms.